The zero-order valence-electron chi connectivity index (χ0n) is 4.95. The van der Waals surface area contributed by atoms with Crippen molar-refractivity contribution in [1.29, 1.82) is 0 Å². The third kappa shape index (κ3) is 0.903. The van der Waals surface area contributed by atoms with Crippen molar-refractivity contribution in [3.63, 3.8) is 0 Å². The summed E-state index contributed by atoms with van der Waals surface area (Å²) in [5, 5.41) is 0.831. The maximum absolute atomic E-state index is 12.9. The maximum atomic E-state index is 12.9. The summed E-state index contributed by atoms with van der Waals surface area (Å²) >= 11 is 3.25. The van der Waals surface area contributed by atoms with Crippen molar-refractivity contribution in [2.75, 3.05) is 5.33 Å². The van der Waals surface area contributed by atoms with E-state index in [0.717, 1.165) is 11.8 Å². The highest BCUT2D eigenvalue weighted by molar-refractivity contribution is 9.09. The molecule has 0 radical (unpaired) electrons. The van der Waals surface area contributed by atoms with E-state index in [1.54, 1.807) is 0 Å². The Bertz CT molecular complexity index is 94.5. The highest BCUT2D eigenvalue weighted by Crippen LogP contribution is 2.50. The van der Waals surface area contributed by atoms with Gasteiger partial charge in [-0.3, -0.25) is 0 Å². The van der Waals surface area contributed by atoms with Crippen molar-refractivity contribution in [3.8, 4) is 0 Å². The largest absolute Gasteiger partial charge is 0.244 e. The van der Waals surface area contributed by atoms with Crippen LogP contribution in [0.2, 0.25) is 0 Å². The Hall–Kier alpha value is 0.410. The predicted molar refractivity (Wildman–Crippen MR) is 36.0 cm³/mol. The van der Waals surface area contributed by atoms with Crippen molar-refractivity contribution in [2.24, 2.45) is 5.92 Å². The molecule has 48 valence electrons. The van der Waals surface area contributed by atoms with E-state index in [4.69, 9.17) is 0 Å². The fourth-order valence-electron chi connectivity index (χ4n) is 0.977. The van der Waals surface area contributed by atoms with E-state index < -0.39 is 5.67 Å². The molecule has 2 atom stereocenters. The van der Waals surface area contributed by atoms with Gasteiger partial charge in [0.05, 0.1) is 0 Å². The zero-order chi connectivity index (χ0) is 6.20. The Balaban J connectivity index is 2.31. The lowest BCUT2D eigenvalue weighted by Gasteiger charge is -1.98. The molecule has 0 spiro atoms. The van der Waals surface area contributed by atoms with Crippen LogP contribution in [0.1, 0.15) is 19.8 Å². The first kappa shape index (κ1) is 6.53. The average Bonchev–Trinajstić information content (AvgIpc) is 2.44. The van der Waals surface area contributed by atoms with Crippen molar-refractivity contribution < 1.29 is 4.39 Å². The van der Waals surface area contributed by atoms with Gasteiger partial charge in [-0.1, -0.05) is 22.9 Å². The fourth-order valence-corrected chi connectivity index (χ4v) is 1.79. The summed E-state index contributed by atoms with van der Waals surface area (Å²) in [5.74, 6) is 0.312. The molecule has 0 saturated heterocycles. The van der Waals surface area contributed by atoms with Crippen LogP contribution >= 0.6 is 15.9 Å². The second-order valence-corrected chi connectivity index (χ2v) is 3.09. The van der Waals surface area contributed by atoms with Gasteiger partial charge in [-0.25, -0.2) is 4.39 Å². The molecule has 0 heterocycles. The second-order valence-electron chi connectivity index (χ2n) is 2.44. The Morgan fingerprint density at radius 1 is 1.88 bits per heavy atom. The Morgan fingerprint density at radius 2 is 2.50 bits per heavy atom. The maximum Gasteiger partial charge on any atom is 0.115 e. The van der Waals surface area contributed by atoms with Crippen LogP contribution in [0.5, 0.6) is 0 Å². The van der Waals surface area contributed by atoms with Gasteiger partial charge in [-0.2, -0.15) is 0 Å². The highest BCUT2D eigenvalue weighted by Gasteiger charge is 2.52. The summed E-state index contributed by atoms with van der Waals surface area (Å²) in [4.78, 5) is 0. The second kappa shape index (κ2) is 1.98. The number of hydrogen-bond acceptors (Lipinski definition) is 0. The minimum atomic E-state index is -0.788. The first-order chi connectivity index (χ1) is 3.73. The summed E-state index contributed by atoms with van der Waals surface area (Å²) in [6.07, 6.45) is 1.46. The molecule has 1 aliphatic carbocycles. The van der Waals surface area contributed by atoms with E-state index in [0.29, 0.717) is 12.3 Å². The van der Waals surface area contributed by atoms with Crippen molar-refractivity contribution in [2.45, 2.75) is 25.4 Å². The average molecular weight is 181 g/mol. The lowest BCUT2D eigenvalue weighted by molar-refractivity contribution is 0.279. The number of hydrogen-bond donors (Lipinski definition) is 0. The van der Waals surface area contributed by atoms with Gasteiger partial charge in [0.25, 0.3) is 0 Å². The first-order valence-electron chi connectivity index (χ1n) is 2.98. The van der Waals surface area contributed by atoms with Gasteiger partial charge in [-0.15, -0.1) is 0 Å². The van der Waals surface area contributed by atoms with Crippen LogP contribution < -0.4 is 0 Å². The van der Waals surface area contributed by atoms with E-state index in [9.17, 15) is 4.39 Å². The van der Waals surface area contributed by atoms with Crippen molar-refractivity contribution in [1.82, 2.24) is 0 Å². The molecule has 0 aromatic heterocycles. The molecule has 0 aliphatic heterocycles. The molecule has 1 saturated carbocycles. The highest BCUT2D eigenvalue weighted by atomic mass is 79.9. The molecule has 0 amide bonds. The molecule has 0 aromatic rings. The topological polar surface area (TPSA) is 0 Å². The summed E-state index contributed by atoms with van der Waals surface area (Å²) in [6.45, 7) is 1.91. The minimum Gasteiger partial charge on any atom is -0.244 e. The summed E-state index contributed by atoms with van der Waals surface area (Å²) in [6, 6.07) is 0. The van der Waals surface area contributed by atoms with Crippen LogP contribution in [0.3, 0.4) is 0 Å². The van der Waals surface area contributed by atoms with E-state index in [-0.39, 0.29) is 0 Å². The molecule has 2 unspecified atom stereocenters. The molecular formula is C6H10BrF. The zero-order valence-corrected chi connectivity index (χ0v) is 6.54. The molecule has 0 aromatic carbocycles. The van der Waals surface area contributed by atoms with Gasteiger partial charge in [0, 0.05) is 11.2 Å². The molecule has 1 rings (SSSR count). The monoisotopic (exact) mass is 180 g/mol. The van der Waals surface area contributed by atoms with Gasteiger partial charge in [0.2, 0.25) is 0 Å². The van der Waals surface area contributed by atoms with Crippen LogP contribution in [-0.2, 0) is 0 Å². The van der Waals surface area contributed by atoms with Gasteiger partial charge >= 0.3 is 0 Å². The fraction of sp³-hybridized carbons (Fsp3) is 1.00. The van der Waals surface area contributed by atoms with Crippen LogP contribution in [-0.4, -0.2) is 11.0 Å². The number of halogens is 2. The Kier molecular flexibility index (Phi) is 1.61. The van der Waals surface area contributed by atoms with Gasteiger partial charge in [0.15, 0.2) is 0 Å². The molecule has 0 nitrogen and oxygen atoms in total. The third-order valence-corrected chi connectivity index (χ3v) is 2.71. The molecule has 0 N–H and O–H groups in total. The molecule has 2 heteroatoms. The van der Waals surface area contributed by atoms with Crippen LogP contribution in [0, 0.1) is 5.92 Å². The summed E-state index contributed by atoms with van der Waals surface area (Å²) in [7, 11) is 0. The smallest absolute Gasteiger partial charge is 0.115 e. The lowest BCUT2D eigenvalue weighted by atomic mass is 10.2. The molecule has 8 heavy (non-hydrogen) atoms. The predicted octanol–water partition coefficient (Wildman–Crippen LogP) is 2.52. The molecular weight excluding hydrogens is 171 g/mol. The summed E-state index contributed by atoms with van der Waals surface area (Å²) in [5.41, 5.74) is -0.788. The summed E-state index contributed by atoms with van der Waals surface area (Å²) < 4.78 is 12.9. The van der Waals surface area contributed by atoms with E-state index in [2.05, 4.69) is 15.9 Å². The van der Waals surface area contributed by atoms with Gasteiger partial charge in [0.1, 0.15) is 5.67 Å². The standard InChI is InChI=1S/C6H10BrF/c1-2-6(8)3-5(6)4-7/h5H,2-4H2,1H3. The van der Waals surface area contributed by atoms with E-state index in [1.807, 2.05) is 6.92 Å². The van der Waals surface area contributed by atoms with Crippen molar-refractivity contribution in [3.05, 3.63) is 0 Å². The SMILES string of the molecule is CCC1(F)CC1CBr. The minimum absolute atomic E-state index is 0.312. The van der Waals surface area contributed by atoms with Crippen LogP contribution in [0.4, 0.5) is 4.39 Å². The first-order valence-corrected chi connectivity index (χ1v) is 4.10. The number of rotatable bonds is 2. The lowest BCUT2D eigenvalue weighted by Crippen LogP contribution is -2.01. The van der Waals surface area contributed by atoms with E-state index in [1.165, 1.54) is 0 Å². The van der Waals surface area contributed by atoms with Crippen LogP contribution in [0.15, 0.2) is 0 Å². The molecule has 0 bridgehead atoms. The third-order valence-electron chi connectivity index (χ3n) is 1.93. The molecule has 1 fully saturated rings. The van der Waals surface area contributed by atoms with E-state index >= 15 is 0 Å². The quantitative estimate of drug-likeness (QED) is 0.574. The van der Waals surface area contributed by atoms with Crippen molar-refractivity contribution >= 4 is 15.9 Å². The van der Waals surface area contributed by atoms with Crippen LogP contribution in [0.25, 0.3) is 0 Å². The van der Waals surface area contributed by atoms with Gasteiger partial charge < -0.3 is 0 Å². The normalized spacial score (nSPS) is 44.6. The Labute approximate surface area is 57.6 Å². The molecule has 1 aliphatic rings. The number of alkyl halides is 2. The van der Waals surface area contributed by atoms with Gasteiger partial charge in [-0.05, 0) is 12.8 Å². The Morgan fingerprint density at radius 3 is 2.62 bits per heavy atom.